The zero-order chi connectivity index (χ0) is 30.0. The number of rotatable bonds is 13. The average Bonchev–Trinajstić information content (AvgIpc) is 3.27. The van der Waals surface area contributed by atoms with Gasteiger partial charge in [-0.05, 0) is 111 Å². The predicted molar refractivity (Wildman–Crippen MR) is 165 cm³/mol. The minimum atomic E-state index is -1.47. The number of hydrazine groups is 1. The number of nitrogens with one attached hydrogen (secondary N) is 2. The number of primary amides is 1. The van der Waals surface area contributed by atoms with Crippen LogP contribution in [0.25, 0.3) is 0 Å². The molecule has 234 valence electrons. The normalized spacial score (nSPS) is 37.9. The van der Waals surface area contributed by atoms with Gasteiger partial charge in [0.2, 0.25) is 5.91 Å². The maximum atomic E-state index is 13.2. The van der Waals surface area contributed by atoms with Crippen molar-refractivity contribution in [3.05, 3.63) is 11.6 Å². The van der Waals surface area contributed by atoms with Crippen LogP contribution in [-0.2, 0) is 9.59 Å². The van der Waals surface area contributed by atoms with Crippen LogP contribution < -0.4 is 22.3 Å². The van der Waals surface area contributed by atoms with Crippen molar-refractivity contribution in [2.24, 2.45) is 57.8 Å². The molecular weight excluding hydrogens is 512 g/mol. The van der Waals surface area contributed by atoms with Crippen molar-refractivity contribution in [1.82, 2.24) is 10.9 Å². The Morgan fingerprint density at radius 3 is 2.44 bits per heavy atom. The van der Waals surface area contributed by atoms with Crippen molar-refractivity contribution in [1.29, 1.82) is 0 Å². The molecule has 7 nitrogen and oxygen atoms in total. The van der Waals surface area contributed by atoms with E-state index >= 15 is 0 Å². The fourth-order valence-electron chi connectivity index (χ4n) is 9.91. The number of fused-ring (bicyclic) bond motifs is 5. The van der Waals surface area contributed by atoms with Crippen LogP contribution in [0.2, 0.25) is 0 Å². The van der Waals surface area contributed by atoms with Gasteiger partial charge in [-0.2, -0.15) is 0 Å². The van der Waals surface area contributed by atoms with E-state index in [1.165, 1.54) is 50.5 Å². The van der Waals surface area contributed by atoms with E-state index in [-0.39, 0.29) is 5.41 Å². The molecule has 0 saturated heterocycles. The van der Waals surface area contributed by atoms with E-state index in [0.717, 1.165) is 49.4 Å². The number of nitrogens with two attached hydrogens (primary N) is 2. The highest BCUT2D eigenvalue weighted by molar-refractivity contribution is 5.86. The quantitative estimate of drug-likeness (QED) is 0.115. The molecule has 3 saturated carbocycles. The van der Waals surface area contributed by atoms with Gasteiger partial charge in [-0.15, -0.1) is 0 Å². The van der Waals surface area contributed by atoms with Gasteiger partial charge in [0.25, 0.3) is 5.91 Å². The minimum absolute atomic E-state index is 0.0448. The van der Waals surface area contributed by atoms with E-state index < -0.39 is 23.5 Å². The van der Waals surface area contributed by atoms with Crippen molar-refractivity contribution in [2.75, 3.05) is 6.54 Å². The molecule has 3 fully saturated rings. The van der Waals surface area contributed by atoms with Crippen molar-refractivity contribution < 1.29 is 14.7 Å². The lowest BCUT2D eigenvalue weighted by atomic mass is 9.46. The van der Waals surface area contributed by atoms with Gasteiger partial charge in [0, 0.05) is 6.42 Å². The number of amides is 2. The molecule has 0 radical (unpaired) electrons. The van der Waals surface area contributed by atoms with Crippen LogP contribution >= 0.6 is 0 Å². The van der Waals surface area contributed by atoms with Crippen LogP contribution in [0, 0.1) is 46.3 Å². The Labute approximate surface area is 249 Å². The molecule has 4 rings (SSSR count). The van der Waals surface area contributed by atoms with Gasteiger partial charge in [0.05, 0.1) is 0 Å². The third kappa shape index (κ3) is 6.57. The summed E-state index contributed by atoms with van der Waals surface area (Å²) in [5, 5.41) is 11.5. The summed E-state index contributed by atoms with van der Waals surface area (Å²) in [6.07, 6.45) is 16.5. The maximum absolute atomic E-state index is 13.2. The van der Waals surface area contributed by atoms with Gasteiger partial charge < -0.3 is 16.6 Å². The highest BCUT2D eigenvalue weighted by Gasteiger charge is 2.60. The summed E-state index contributed by atoms with van der Waals surface area (Å²) in [6.45, 7) is 12.8. The van der Waals surface area contributed by atoms with Crippen LogP contribution in [0.15, 0.2) is 11.6 Å². The molecule has 4 aliphatic rings. The number of hydrogen-bond acceptors (Lipinski definition) is 5. The lowest BCUT2D eigenvalue weighted by Gasteiger charge is -2.59. The van der Waals surface area contributed by atoms with Gasteiger partial charge >= 0.3 is 0 Å². The maximum Gasteiger partial charge on any atom is 0.266 e. The number of unbranched alkanes of at least 4 members (excludes halogenated alkanes) is 1. The highest BCUT2D eigenvalue weighted by Crippen LogP contribution is 2.67. The Kier molecular flexibility index (Phi) is 10.3. The Morgan fingerprint density at radius 2 is 1.76 bits per heavy atom. The second-order valence-corrected chi connectivity index (χ2v) is 15.3. The van der Waals surface area contributed by atoms with Crippen molar-refractivity contribution in [2.45, 2.75) is 136 Å². The summed E-state index contributed by atoms with van der Waals surface area (Å²) < 4.78 is 0. The molecule has 7 heteroatoms. The molecule has 0 unspecified atom stereocenters. The fourth-order valence-corrected chi connectivity index (χ4v) is 9.91. The molecule has 0 aromatic carbocycles. The zero-order valence-corrected chi connectivity index (χ0v) is 26.6. The number of carbonyl (C=O) groups is 2. The Morgan fingerprint density at radius 1 is 1.00 bits per heavy atom. The van der Waals surface area contributed by atoms with E-state index in [1.54, 1.807) is 0 Å². The Bertz CT molecular complexity index is 968. The third-order valence-corrected chi connectivity index (χ3v) is 12.4. The molecule has 0 spiro atoms. The number of carbonyl (C=O) groups excluding carboxylic acids is 2. The lowest BCUT2D eigenvalue weighted by Crippen LogP contribution is -2.59. The minimum Gasteiger partial charge on any atom is -0.380 e. The summed E-state index contributed by atoms with van der Waals surface area (Å²) in [5.41, 5.74) is 16.8. The molecule has 4 aliphatic carbocycles. The first-order valence-corrected chi connectivity index (χ1v) is 16.8. The second kappa shape index (κ2) is 13.1. The second-order valence-electron chi connectivity index (χ2n) is 15.3. The van der Waals surface area contributed by atoms with Crippen LogP contribution in [0.3, 0.4) is 0 Å². The molecule has 0 heterocycles. The molecule has 0 bridgehead atoms. The molecule has 7 N–H and O–H groups in total. The summed E-state index contributed by atoms with van der Waals surface area (Å²) >= 11 is 0. The zero-order valence-electron chi connectivity index (χ0n) is 26.6. The van der Waals surface area contributed by atoms with Crippen LogP contribution in [-0.4, -0.2) is 35.1 Å². The summed E-state index contributed by atoms with van der Waals surface area (Å²) in [7, 11) is 0. The number of aliphatic hydroxyl groups is 1. The fraction of sp³-hybridized carbons (Fsp3) is 0.882. The molecule has 0 aromatic heterocycles. The monoisotopic (exact) mass is 572 g/mol. The first kappa shape index (κ1) is 32.5. The van der Waals surface area contributed by atoms with Gasteiger partial charge in [0.1, 0.15) is 11.6 Å². The molecule has 2 amide bonds. The third-order valence-electron chi connectivity index (χ3n) is 12.4. The molecule has 9 atom stereocenters. The van der Waals surface area contributed by atoms with Crippen LogP contribution in [0.5, 0.6) is 0 Å². The van der Waals surface area contributed by atoms with Crippen molar-refractivity contribution in [3.8, 4) is 0 Å². The van der Waals surface area contributed by atoms with Gasteiger partial charge in [-0.25, -0.2) is 5.43 Å². The van der Waals surface area contributed by atoms with Crippen LogP contribution in [0.4, 0.5) is 0 Å². The first-order valence-electron chi connectivity index (χ1n) is 16.8. The largest absolute Gasteiger partial charge is 0.380 e. The Balaban J connectivity index is 1.40. The summed E-state index contributed by atoms with van der Waals surface area (Å²) in [5.74, 6) is 3.58. The highest BCUT2D eigenvalue weighted by atomic mass is 16.3. The topological polar surface area (TPSA) is 130 Å². The summed E-state index contributed by atoms with van der Waals surface area (Å²) in [6, 6.07) is -0.678. The first-order chi connectivity index (χ1) is 19.4. The SMILES string of the molecule is CC(C)CCC[C@@H](C)[C@H]1CC[C@H]2[C@@H]3CC=C4C[C@@](O)(C(=O)NN[C@@H](CCCCN)C(N)=O)CC[C@]4(C)[C@H]3CC[C@]12C. The van der Waals surface area contributed by atoms with Crippen molar-refractivity contribution >= 4 is 11.8 Å². The van der Waals surface area contributed by atoms with E-state index in [4.69, 9.17) is 11.5 Å². The standard InChI is InChI=1S/C34H60N4O3/c1-22(2)9-8-10-23(3)26-14-15-27-25-13-12-24-21-34(41,19-18-32(24,4)28(25)16-17-33(26,27)5)31(40)38-37-29(30(36)39)11-6-7-20-35/h12,22-23,25-29,37,41H,6-11,13-21,35H2,1-5H3,(H2,36,39)(H,38,40)/t23-,25+,26-,27+,28+,29+,32+,33-,34-/m1/s1. The van der Waals surface area contributed by atoms with Gasteiger partial charge in [-0.3, -0.25) is 15.0 Å². The molecular formula is C34H60N4O3. The van der Waals surface area contributed by atoms with E-state index in [0.29, 0.717) is 43.1 Å². The lowest BCUT2D eigenvalue weighted by molar-refractivity contribution is -0.147. The number of allylic oxidation sites excluding steroid dienone is 1. The van der Waals surface area contributed by atoms with Gasteiger partial charge in [0.15, 0.2) is 0 Å². The van der Waals surface area contributed by atoms with E-state index in [2.05, 4.69) is 51.5 Å². The molecule has 0 aromatic rings. The smallest absolute Gasteiger partial charge is 0.266 e. The average molecular weight is 573 g/mol. The van der Waals surface area contributed by atoms with E-state index in [1.807, 2.05) is 0 Å². The van der Waals surface area contributed by atoms with E-state index in [9.17, 15) is 14.7 Å². The molecule has 41 heavy (non-hydrogen) atoms. The number of hydrogen-bond donors (Lipinski definition) is 5. The van der Waals surface area contributed by atoms with Crippen LogP contribution in [0.1, 0.15) is 125 Å². The van der Waals surface area contributed by atoms with Gasteiger partial charge in [-0.1, -0.05) is 72.0 Å². The van der Waals surface area contributed by atoms with Crippen molar-refractivity contribution in [3.63, 3.8) is 0 Å². The Hall–Kier alpha value is -1.44. The summed E-state index contributed by atoms with van der Waals surface area (Å²) in [4.78, 5) is 25.1. The predicted octanol–water partition coefficient (Wildman–Crippen LogP) is 5.36. The molecule has 0 aliphatic heterocycles.